The topological polar surface area (TPSA) is 57.6 Å². The van der Waals surface area contributed by atoms with Crippen LogP contribution in [0.3, 0.4) is 0 Å². The summed E-state index contributed by atoms with van der Waals surface area (Å²) in [5, 5.41) is 4.04. The van der Waals surface area contributed by atoms with E-state index in [1.54, 1.807) is 11.3 Å². The molecule has 1 N–H and O–H groups in total. The van der Waals surface area contributed by atoms with E-state index in [1.165, 1.54) is 15.5 Å². The number of rotatable bonds is 8. The maximum absolute atomic E-state index is 10.2. The number of thioether (sulfide) groups is 1. The first kappa shape index (κ1) is 25.1. The summed E-state index contributed by atoms with van der Waals surface area (Å²) in [6.45, 7) is 6.82. The van der Waals surface area contributed by atoms with Crippen LogP contribution in [0.2, 0.25) is 0 Å². The molecule has 1 aliphatic rings. The second-order valence-electron chi connectivity index (χ2n) is 8.85. The minimum atomic E-state index is 0.351. The third kappa shape index (κ3) is 9.27. The van der Waals surface area contributed by atoms with Crippen molar-refractivity contribution in [2.45, 2.75) is 44.2 Å². The molecule has 3 rings (SSSR count). The minimum Gasteiger partial charge on any atom is -0.378 e. The van der Waals surface area contributed by atoms with Crippen LogP contribution >= 0.6 is 23.1 Å². The van der Waals surface area contributed by atoms with Gasteiger partial charge in [0.05, 0.1) is 10.4 Å². The molecule has 0 amide bonds. The van der Waals surface area contributed by atoms with Gasteiger partial charge in [0.25, 0.3) is 0 Å². The van der Waals surface area contributed by atoms with E-state index < -0.39 is 0 Å². The number of nitrogens with zero attached hydrogens (tertiary/aromatic N) is 3. The third-order valence-corrected chi connectivity index (χ3v) is 6.75. The summed E-state index contributed by atoms with van der Waals surface area (Å²) >= 11 is 3.52. The van der Waals surface area contributed by atoms with Crippen LogP contribution in [0, 0.1) is 5.41 Å². The number of aldehydes is 1. The molecule has 2 heterocycles. The van der Waals surface area contributed by atoms with Gasteiger partial charge in [-0.1, -0.05) is 44.2 Å². The van der Waals surface area contributed by atoms with Gasteiger partial charge in [-0.05, 0) is 35.1 Å². The number of aromatic nitrogens is 1. The average molecular weight is 459 g/mol. The SMILES string of the molecule is CN(C)c1ccc(CC=O)cc1.CNc1ncc(SCC2=NC=C(CC(C)(C)C)C2)s1. The Hall–Kier alpha value is -2.12. The first-order chi connectivity index (χ1) is 14.7. The summed E-state index contributed by atoms with van der Waals surface area (Å²) in [6.07, 6.45) is 7.60. The van der Waals surface area contributed by atoms with Crippen LogP contribution in [0.25, 0.3) is 0 Å². The summed E-state index contributed by atoms with van der Waals surface area (Å²) in [7, 11) is 5.89. The smallest absolute Gasteiger partial charge is 0.183 e. The van der Waals surface area contributed by atoms with Crippen LogP contribution in [-0.2, 0) is 11.2 Å². The second-order valence-corrected chi connectivity index (χ2v) is 11.2. The zero-order chi connectivity index (χ0) is 22.9. The van der Waals surface area contributed by atoms with Crippen LogP contribution in [0.1, 0.15) is 39.2 Å². The van der Waals surface area contributed by atoms with Crippen molar-refractivity contribution < 1.29 is 4.79 Å². The van der Waals surface area contributed by atoms with Crippen LogP contribution in [-0.4, -0.2) is 43.9 Å². The second kappa shape index (κ2) is 12.1. The fraction of sp³-hybridized carbons (Fsp3) is 0.458. The Labute approximate surface area is 195 Å². The summed E-state index contributed by atoms with van der Waals surface area (Å²) in [6, 6.07) is 7.98. The molecular formula is C24H34N4OS2. The van der Waals surface area contributed by atoms with Gasteiger partial charge in [-0.3, -0.25) is 4.99 Å². The lowest BCUT2D eigenvalue weighted by molar-refractivity contribution is -0.107. The maximum atomic E-state index is 10.2. The zero-order valence-electron chi connectivity index (χ0n) is 19.4. The Morgan fingerprint density at radius 2 is 1.94 bits per heavy atom. The Bertz CT molecular complexity index is 893. The molecule has 0 atom stereocenters. The van der Waals surface area contributed by atoms with Gasteiger partial charge in [0.1, 0.15) is 6.29 Å². The van der Waals surface area contributed by atoms with Gasteiger partial charge in [0.2, 0.25) is 0 Å². The van der Waals surface area contributed by atoms with E-state index in [0.717, 1.165) is 41.3 Å². The number of aliphatic imine (C=N–C) groups is 1. The Morgan fingerprint density at radius 3 is 2.48 bits per heavy atom. The van der Waals surface area contributed by atoms with Gasteiger partial charge in [0, 0.05) is 57.3 Å². The molecule has 7 heteroatoms. The zero-order valence-corrected chi connectivity index (χ0v) is 21.1. The molecular weight excluding hydrogens is 424 g/mol. The van der Waals surface area contributed by atoms with Gasteiger partial charge >= 0.3 is 0 Å². The van der Waals surface area contributed by atoms with E-state index in [4.69, 9.17) is 0 Å². The fourth-order valence-corrected chi connectivity index (χ4v) is 4.80. The fourth-order valence-electron chi connectivity index (χ4n) is 3.04. The van der Waals surface area contributed by atoms with E-state index in [1.807, 2.05) is 68.3 Å². The van der Waals surface area contributed by atoms with Crippen LogP contribution in [0.15, 0.2) is 51.4 Å². The molecule has 0 unspecified atom stereocenters. The Morgan fingerprint density at radius 1 is 1.23 bits per heavy atom. The van der Waals surface area contributed by atoms with Gasteiger partial charge in [0.15, 0.2) is 5.13 Å². The van der Waals surface area contributed by atoms with Crippen LogP contribution < -0.4 is 10.2 Å². The van der Waals surface area contributed by atoms with Gasteiger partial charge in [-0.2, -0.15) is 0 Å². The molecule has 1 aromatic heterocycles. The van der Waals surface area contributed by atoms with E-state index in [9.17, 15) is 4.79 Å². The number of nitrogens with one attached hydrogen (secondary N) is 1. The highest BCUT2D eigenvalue weighted by molar-refractivity contribution is 8.01. The van der Waals surface area contributed by atoms with Gasteiger partial charge in [-0.25, -0.2) is 4.98 Å². The molecule has 0 radical (unpaired) electrons. The normalized spacial score (nSPS) is 13.1. The largest absolute Gasteiger partial charge is 0.378 e. The highest BCUT2D eigenvalue weighted by Crippen LogP contribution is 2.32. The molecule has 1 aliphatic heterocycles. The monoisotopic (exact) mass is 458 g/mol. The maximum Gasteiger partial charge on any atom is 0.183 e. The van der Waals surface area contributed by atoms with E-state index >= 15 is 0 Å². The number of thiazole rings is 1. The predicted molar refractivity (Wildman–Crippen MR) is 137 cm³/mol. The Balaban J connectivity index is 0.000000245. The lowest BCUT2D eigenvalue weighted by Crippen LogP contribution is -2.08. The summed E-state index contributed by atoms with van der Waals surface area (Å²) in [5.74, 6) is 0.968. The first-order valence-electron chi connectivity index (χ1n) is 10.4. The molecule has 168 valence electrons. The first-order valence-corrected chi connectivity index (χ1v) is 12.2. The molecule has 0 spiro atoms. The predicted octanol–water partition coefficient (Wildman–Crippen LogP) is 5.94. The van der Waals surface area contributed by atoms with Crippen molar-refractivity contribution in [3.05, 3.63) is 47.8 Å². The lowest BCUT2D eigenvalue weighted by atomic mass is 9.87. The molecule has 0 saturated heterocycles. The molecule has 31 heavy (non-hydrogen) atoms. The van der Waals surface area contributed by atoms with Crippen molar-refractivity contribution in [1.82, 2.24) is 4.98 Å². The molecule has 0 saturated carbocycles. The molecule has 1 aromatic carbocycles. The van der Waals surface area contributed by atoms with E-state index in [-0.39, 0.29) is 0 Å². The van der Waals surface area contributed by atoms with Crippen molar-refractivity contribution in [3.63, 3.8) is 0 Å². The van der Waals surface area contributed by atoms with Crippen LogP contribution in [0.5, 0.6) is 0 Å². The van der Waals surface area contributed by atoms with Gasteiger partial charge < -0.3 is 15.0 Å². The number of hydrogen-bond acceptors (Lipinski definition) is 7. The molecule has 2 aromatic rings. The summed E-state index contributed by atoms with van der Waals surface area (Å²) < 4.78 is 1.25. The summed E-state index contributed by atoms with van der Waals surface area (Å²) in [5.41, 5.74) is 5.32. The number of hydrogen-bond donors (Lipinski definition) is 1. The third-order valence-electron chi connectivity index (χ3n) is 4.47. The van der Waals surface area contributed by atoms with Gasteiger partial charge in [-0.15, -0.1) is 11.8 Å². The quantitative estimate of drug-likeness (QED) is 0.392. The van der Waals surface area contributed by atoms with E-state index in [0.29, 0.717) is 11.8 Å². The van der Waals surface area contributed by atoms with Crippen molar-refractivity contribution in [1.29, 1.82) is 0 Å². The molecule has 0 fully saturated rings. The lowest BCUT2D eigenvalue weighted by Gasteiger charge is -2.18. The van der Waals surface area contributed by atoms with Crippen molar-refractivity contribution >= 4 is 45.9 Å². The van der Waals surface area contributed by atoms with E-state index in [2.05, 4.69) is 42.3 Å². The highest BCUT2D eigenvalue weighted by atomic mass is 32.2. The van der Waals surface area contributed by atoms with Crippen LogP contribution in [0.4, 0.5) is 10.8 Å². The molecule has 5 nitrogen and oxygen atoms in total. The number of benzene rings is 1. The average Bonchev–Trinajstić information content (AvgIpc) is 3.35. The number of carbonyl (C=O) groups is 1. The summed E-state index contributed by atoms with van der Waals surface area (Å²) in [4.78, 5) is 21.0. The van der Waals surface area contributed by atoms with Crippen molar-refractivity contribution in [2.75, 3.05) is 37.1 Å². The Kier molecular flexibility index (Phi) is 9.78. The minimum absolute atomic E-state index is 0.351. The highest BCUT2D eigenvalue weighted by Gasteiger charge is 2.18. The standard InChI is InChI=1S/C14H21N3S2.C10H13NO/c1-14(2,3)6-10-5-11(16-7-10)9-18-12-8-17-13(15-4)19-12;1-11(2)10-5-3-9(4-6-10)7-8-12/h7-8H,5-6,9H2,1-4H3,(H,15,17);3-6,8H,7H2,1-2H3. The van der Waals surface area contributed by atoms with Crippen molar-refractivity contribution in [2.24, 2.45) is 10.4 Å². The molecule has 0 bridgehead atoms. The number of carbonyl (C=O) groups excluding carboxylic acids is 1. The van der Waals surface area contributed by atoms with Crippen molar-refractivity contribution in [3.8, 4) is 0 Å². The number of allylic oxidation sites excluding steroid dienone is 1. The molecule has 0 aliphatic carbocycles. The number of anilines is 2.